The number of nitriles is 1. The van der Waals surface area contributed by atoms with Crippen molar-refractivity contribution in [3.63, 3.8) is 0 Å². The van der Waals surface area contributed by atoms with Crippen LogP contribution in [0.15, 0.2) is 36.4 Å². The van der Waals surface area contributed by atoms with Crippen molar-refractivity contribution < 1.29 is 13.9 Å². The van der Waals surface area contributed by atoms with Crippen LogP contribution in [0.1, 0.15) is 28.4 Å². The lowest BCUT2D eigenvalue weighted by Crippen LogP contribution is -2.05. The molecule has 4 heteroatoms. The van der Waals surface area contributed by atoms with E-state index in [-0.39, 0.29) is 5.56 Å². The van der Waals surface area contributed by atoms with Crippen molar-refractivity contribution in [2.75, 3.05) is 6.61 Å². The lowest BCUT2D eigenvalue weighted by molar-refractivity contribution is 0.0526. The number of benzene rings is 2. The minimum Gasteiger partial charge on any atom is -0.462 e. The second-order valence-electron chi connectivity index (χ2n) is 4.56. The van der Waals surface area contributed by atoms with Crippen LogP contribution in [0.3, 0.4) is 0 Å². The number of rotatable bonds is 3. The van der Waals surface area contributed by atoms with E-state index in [1.165, 1.54) is 12.1 Å². The average Bonchev–Trinajstić information content (AvgIpc) is 2.48. The lowest BCUT2D eigenvalue weighted by Gasteiger charge is -2.09. The van der Waals surface area contributed by atoms with Crippen molar-refractivity contribution in [3.8, 4) is 17.2 Å². The van der Waals surface area contributed by atoms with Crippen LogP contribution in [0.25, 0.3) is 11.1 Å². The average molecular weight is 283 g/mol. The molecule has 0 aliphatic rings. The van der Waals surface area contributed by atoms with Gasteiger partial charge < -0.3 is 4.74 Å². The molecule has 0 saturated heterocycles. The third-order valence-corrected chi connectivity index (χ3v) is 3.15. The number of ether oxygens (including phenoxy) is 1. The molecule has 0 saturated carbocycles. The Kier molecular flexibility index (Phi) is 4.34. The molecule has 0 spiro atoms. The predicted octanol–water partition coefficient (Wildman–Crippen LogP) is 3.85. The summed E-state index contributed by atoms with van der Waals surface area (Å²) in [5.41, 5.74) is 2.69. The Morgan fingerprint density at radius 2 is 2.05 bits per heavy atom. The Morgan fingerprint density at radius 1 is 1.29 bits per heavy atom. The molecule has 2 rings (SSSR count). The lowest BCUT2D eigenvalue weighted by atomic mass is 9.97. The van der Waals surface area contributed by atoms with Gasteiger partial charge in [0.25, 0.3) is 0 Å². The van der Waals surface area contributed by atoms with E-state index in [1.54, 1.807) is 37.3 Å². The van der Waals surface area contributed by atoms with Crippen molar-refractivity contribution >= 4 is 5.97 Å². The van der Waals surface area contributed by atoms with Crippen LogP contribution in [-0.4, -0.2) is 12.6 Å². The molecular weight excluding hydrogens is 269 g/mol. The number of carbonyl (C=O) groups excluding carboxylic acids is 1. The Hall–Kier alpha value is -2.67. The Balaban J connectivity index is 2.48. The summed E-state index contributed by atoms with van der Waals surface area (Å²) >= 11 is 0. The van der Waals surface area contributed by atoms with E-state index in [1.807, 2.05) is 6.92 Å². The summed E-state index contributed by atoms with van der Waals surface area (Å²) in [6.07, 6.45) is 0. The summed E-state index contributed by atoms with van der Waals surface area (Å²) in [5, 5.41) is 8.76. The van der Waals surface area contributed by atoms with Gasteiger partial charge in [0.2, 0.25) is 0 Å². The van der Waals surface area contributed by atoms with Crippen LogP contribution in [0, 0.1) is 24.1 Å². The third-order valence-electron chi connectivity index (χ3n) is 3.15. The molecular formula is C17H14FNO2. The maximum absolute atomic E-state index is 13.7. The fourth-order valence-electron chi connectivity index (χ4n) is 2.05. The van der Waals surface area contributed by atoms with Crippen LogP contribution >= 0.6 is 0 Å². The van der Waals surface area contributed by atoms with Gasteiger partial charge >= 0.3 is 5.97 Å². The van der Waals surface area contributed by atoms with Crippen LogP contribution in [0.2, 0.25) is 0 Å². The zero-order valence-corrected chi connectivity index (χ0v) is 11.8. The second-order valence-corrected chi connectivity index (χ2v) is 4.56. The van der Waals surface area contributed by atoms with Gasteiger partial charge in [0.15, 0.2) is 0 Å². The van der Waals surface area contributed by atoms with Gasteiger partial charge in [-0.1, -0.05) is 12.1 Å². The monoisotopic (exact) mass is 283 g/mol. The molecule has 0 aliphatic heterocycles. The molecule has 0 aromatic heterocycles. The van der Waals surface area contributed by atoms with Crippen molar-refractivity contribution in [1.29, 1.82) is 5.26 Å². The molecule has 106 valence electrons. The van der Waals surface area contributed by atoms with Gasteiger partial charge in [-0.05, 0) is 54.8 Å². The van der Waals surface area contributed by atoms with Gasteiger partial charge in [-0.25, -0.2) is 9.18 Å². The minimum atomic E-state index is -0.573. The number of nitrogens with zero attached hydrogens (tertiary/aromatic N) is 1. The quantitative estimate of drug-likeness (QED) is 0.804. The highest BCUT2D eigenvalue weighted by atomic mass is 19.1. The number of aryl methyl sites for hydroxylation is 1. The smallest absolute Gasteiger partial charge is 0.338 e. The highest BCUT2D eigenvalue weighted by molar-refractivity contribution is 5.91. The largest absolute Gasteiger partial charge is 0.462 e. The third kappa shape index (κ3) is 3.09. The predicted molar refractivity (Wildman–Crippen MR) is 77.2 cm³/mol. The zero-order valence-electron chi connectivity index (χ0n) is 11.8. The first-order valence-corrected chi connectivity index (χ1v) is 6.54. The fraction of sp³-hybridized carbons (Fsp3) is 0.176. The molecule has 0 aliphatic carbocycles. The highest BCUT2D eigenvalue weighted by Crippen LogP contribution is 2.26. The van der Waals surface area contributed by atoms with E-state index < -0.39 is 11.8 Å². The summed E-state index contributed by atoms with van der Waals surface area (Å²) < 4.78 is 18.7. The minimum absolute atomic E-state index is 0.00190. The first-order chi connectivity index (χ1) is 10.1. The first kappa shape index (κ1) is 14.7. The number of esters is 1. The maximum atomic E-state index is 13.7. The summed E-state index contributed by atoms with van der Waals surface area (Å²) in [6.45, 7) is 3.91. The molecule has 0 radical (unpaired) electrons. The number of hydrogen-bond acceptors (Lipinski definition) is 3. The van der Waals surface area contributed by atoms with E-state index in [0.717, 1.165) is 11.1 Å². The van der Waals surface area contributed by atoms with Crippen molar-refractivity contribution in [2.45, 2.75) is 13.8 Å². The van der Waals surface area contributed by atoms with E-state index in [9.17, 15) is 9.18 Å². The molecule has 0 atom stereocenters. The molecule has 2 aromatic carbocycles. The van der Waals surface area contributed by atoms with Crippen LogP contribution in [-0.2, 0) is 4.74 Å². The van der Waals surface area contributed by atoms with E-state index in [0.29, 0.717) is 17.7 Å². The number of hydrogen-bond donors (Lipinski definition) is 0. The van der Waals surface area contributed by atoms with Gasteiger partial charge in [-0.3, -0.25) is 0 Å². The fourth-order valence-corrected chi connectivity index (χ4v) is 2.05. The van der Waals surface area contributed by atoms with Gasteiger partial charge in [0, 0.05) is 0 Å². The molecule has 21 heavy (non-hydrogen) atoms. The Labute approximate surface area is 122 Å². The molecule has 0 amide bonds. The van der Waals surface area contributed by atoms with Crippen molar-refractivity contribution in [1.82, 2.24) is 0 Å². The summed E-state index contributed by atoms with van der Waals surface area (Å²) in [6, 6.07) is 11.3. The summed E-state index contributed by atoms with van der Waals surface area (Å²) in [7, 11) is 0. The van der Waals surface area contributed by atoms with Crippen LogP contribution in [0.5, 0.6) is 0 Å². The standard InChI is InChI=1S/C17H14FNO2/c1-3-21-17(20)13-5-4-11(2)15(8-13)12-6-7-14(10-19)16(18)9-12/h4-9H,3H2,1-2H3. The molecule has 2 aromatic rings. The molecule has 0 fully saturated rings. The Bertz CT molecular complexity index is 732. The Morgan fingerprint density at radius 3 is 2.67 bits per heavy atom. The van der Waals surface area contributed by atoms with E-state index in [2.05, 4.69) is 0 Å². The zero-order chi connectivity index (χ0) is 15.4. The highest BCUT2D eigenvalue weighted by Gasteiger charge is 2.11. The molecule has 0 heterocycles. The van der Waals surface area contributed by atoms with E-state index >= 15 is 0 Å². The number of halogens is 1. The first-order valence-electron chi connectivity index (χ1n) is 6.54. The van der Waals surface area contributed by atoms with Crippen LogP contribution < -0.4 is 0 Å². The van der Waals surface area contributed by atoms with Gasteiger partial charge in [0.1, 0.15) is 11.9 Å². The topological polar surface area (TPSA) is 50.1 Å². The SMILES string of the molecule is CCOC(=O)c1ccc(C)c(-c2ccc(C#N)c(F)c2)c1. The molecule has 0 bridgehead atoms. The van der Waals surface area contributed by atoms with Gasteiger partial charge in [-0.15, -0.1) is 0 Å². The summed E-state index contributed by atoms with van der Waals surface area (Å²) in [5.74, 6) is -0.983. The van der Waals surface area contributed by atoms with E-state index in [4.69, 9.17) is 10.00 Å². The maximum Gasteiger partial charge on any atom is 0.338 e. The van der Waals surface area contributed by atoms with Gasteiger partial charge in [-0.2, -0.15) is 5.26 Å². The van der Waals surface area contributed by atoms with Crippen molar-refractivity contribution in [3.05, 3.63) is 58.9 Å². The second kappa shape index (κ2) is 6.19. The molecule has 0 unspecified atom stereocenters. The number of carbonyl (C=O) groups is 1. The summed E-state index contributed by atoms with van der Waals surface area (Å²) in [4.78, 5) is 11.8. The molecule has 0 N–H and O–H groups in total. The van der Waals surface area contributed by atoms with Gasteiger partial charge in [0.05, 0.1) is 17.7 Å². The van der Waals surface area contributed by atoms with Crippen LogP contribution in [0.4, 0.5) is 4.39 Å². The normalized spacial score (nSPS) is 10.0. The molecule has 3 nitrogen and oxygen atoms in total. The van der Waals surface area contributed by atoms with Crippen molar-refractivity contribution in [2.24, 2.45) is 0 Å².